The molecule has 0 fully saturated rings. The lowest BCUT2D eigenvalue weighted by Gasteiger charge is -2.24. The van der Waals surface area contributed by atoms with E-state index in [0.29, 0.717) is 13.1 Å². The Labute approximate surface area is 140 Å². The van der Waals surface area contributed by atoms with Crippen molar-refractivity contribution < 1.29 is 9.47 Å². The standard InChI is InChI=1S/C18H31N3O2/c1-6-7-11-23-16-10-8-9-15(12-16)13-20-17(19-4)21-14-18(2,3)22-5/h8-10,12H,6-7,11,13-14H2,1-5H3,(H2,19,20,21). The van der Waals surface area contributed by atoms with Crippen LogP contribution >= 0.6 is 0 Å². The van der Waals surface area contributed by atoms with Crippen molar-refractivity contribution in [3.8, 4) is 5.75 Å². The third kappa shape index (κ3) is 7.88. The van der Waals surface area contributed by atoms with Gasteiger partial charge in [0.1, 0.15) is 5.75 Å². The monoisotopic (exact) mass is 321 g/mol. The molecule has 0 amide bonds. The molecule has 0 aromatic heterocycles. The molecule has 5 heteroatoms. The molecule has 0 atom stereocenters. The molecule has 1 aromatic carbocycles. The van der Waals surface area contributed by atoms with Gasteiger partial charge in [0.2, 0.25) is 0 Å². The fraction of sp³-hybridized carbons (Fsp3) is 0.611. The first-order valence-corrected chi connectivity index (χ1v) is 8.22. The maximum absolute atomic E-state index is 5.74. The molecule has 2 N–H and O–H groups in total. The third-order valence-electron chi connectivity index (χ3n) is 3.58. The average molecular weight is 321 g/mol. The molecule has 0 aliphatic rings. The number of aliphatic imine (C=N–C) groups is 1. The van der Waals surface area contributed by atoms with Crippen molar-refractivity contribution in [3.63, 3.8) is 0 Å². The molecular formula is C18H31N3O2. The highest BCUT2D eigenvalue weighted by molar-refractivity contribution is 5.79. The topological polar surface area (TPSA) is 54.9 Å². The van der Waals surface area contributed by atoms with Crippen molar-refractivity contribution in [3.05, 3.63) is 29.8 Å². The highest BCUT2D eigenvalue weighted by atomic mass is 16.5. The molecule has 1 rings (SSSR count). The average Bonchev–Trinajstić information content (AvgIpc) is 2.56. The zero-order valence-electron chi connectivity index (χ0n) is 15.1. The Morgan fingerprint density at radius 1 is 1.26 bits per heavy atom. The van der Waals surface area contributed by atoms with Gasteiger partial charge in [-0.05, 0) is 38.0 Å². The molecule has 0 spiro atoms. The molecule has 0 saturated carbocycles. The lowest BCUT2D eigenvalue weighted by molar-refractivity contribution is 0.0268. The van der Waals surface area contributed by atoms with Crippen LogP contribution in [0.5, 0.6) is 5.75 Å². The van der Waals surface area contributed by atoms with Crippen LogP contribution in [0, 0.1) is 0 Å². The van der Waals surface area contributed by atoms with Crippen molar-refractivity contribution in [1.82, 2.24) is 10.6 Å². The van der Waals surface area contributed by atoms with Gasteiger partial charge in [0.05, 0.1) is 12.2 Å². The number of methoxy groups -OCH3 is 1. The minimum Gasteiger partial charge on any atom is -0.494 e. The number of nitrogens with one attached hydrogen (secondary N) is 2. The summed E-state index contributed by atoms with van der Waals surface area (Å²) in [4.78, 5) is 4.23. The first-order chi connectivity index (χ1) is 11.0. The number of nitrogens with zero attached hydrogens (tertiary/aromatic N) is 1. The second kappa shape index (κ2) is 10.1. The number of rotatable bonds is 9. The second-order valence-electron chi connectivity index (χ2n) is 6.09. The Hall–Kier alpha value is -1.75. The highest BCUT2D eigenvalue weighted by Gasteiger charge is 2.16. The van der Waals surface area contributed by atoms with Gasteiger partial charge < -0.3 is 20.1 Å². The lowest BCUT2D eigenvalue weighted by atomic mass is 10.1. The Morgan fingerprint density at radius 2 is 2.04 bits per heavy atom. The van der Waals surface area contributed by atoms with Crippen LogP contribution in [0.4, 0.5) is 0 Å². The summed E-state index contributed by atoms with van der Waals surface area (Å²) in [6, 6.07) is 8.15. The summed E-state index contributed by atoms with van der Waals surface area (Å²) < 4.78 is 11.1. The molecule has 5 nitrogen and oxygen atoms in total. The van der Waals surface area contributed by atoms with Crippen LogP contribution in [0.1, 0.15) is 39.2 Å². The molecule has 0 saturated heterocycles. The second-order valence-corrected chi connectivity index (χ2v) is 6.09. The van der Waals surface area contributed by atoms with E-state index in [0.717, 1.165) is 36.7 Å². The Bertz CT molecular complexity index is 487. The van der Waals surface area contributed by atoms with Gasteiger partial charge in [0.25, 0.3) is 0 Å². The Morgan fingerprint density at radius 3 is 2.70 bits per heavy atom. The van der Waals surface area contributed by atoms with Gasteiger partial charge in [-0.25, -0.2) is 0 Å². The van der Waals surface area contributed by atoms with Gasteiger partial charge in [0.15, 0.2) is 5.96 Å². The van der Waals surface area contributed by atoms with Crippen LogP contribution in [0.3, 0.4) is 0 Å². The zero-order valence-corrected chi connectivity index (χ0v) is 15.1. The molecule has 0 aliphatic carbocycles. The van der Waals surface area contributed by atoms with Crippen LogP contribution in [0.25, 0.3) is 0 Å². The van der Waals surface area contributed by atoms with Crippen LogP contribution in [-0.2, 0) is 11.3 Å². The summed E-state index contributed by atoms with van der Waals surface area (Å²) in [7, 11) is 3.47. The van der Waals surface area contributed by atoms with Gasteiger partial charge in [-0.2, -0.15) is 0 Å². The van der Waals surface area contributed by atoms with E-state index in [1.807, 2.05) is 26.0 Å². The Balaban J connectivity index is 2.47. The van der Waals surface area contributed by atoms with Crippen molar-refractivity contribution >= 4 is 5.96 Å². The van der Waals surface area contributed by atoms with Crippen molar-refractivity contribution in [1.29, 1.82) is 0 Å². The van der Waals surface area contributed by atoms with E-state index in [2.05, 4.69) is 34.7 Å². The maximum atomic E-state index is 5.74. The predicted molar refractivity (Wildman–Crippen MR) is 96.1 cm³/mol. The Kier molecular flexibility index (Phi) is 8.48. The van der Waals surface area contributed by atoms with Gasteiger partial charge in [-0.3, -0.25) is 4.99 Å². The van der Waals surface area contributed by atoms with Crippen LogP contribution < -0.4 is 15.4 Å². The molecule has 0 bridgehead atoms. The van der Waals surface area contributed by atoms with E-state index in [9.17, 15) is 0 Å². The summed E-state index contributed by atoms with van der Waals surface area (Å²) in [5.41, 5.74) is 0.929. The smallest absolute Gasteiger partial charge is 0.191 e. The molecule has 0 heterocycles. The number of unbranched alkanes of at least 4 members (excludes halogenated alkanes) is 1. The fourth-order valence-corrected chi connectivity index (χ4v) is 1.85. The SMILES string of the molecule is CCCCOc1cccc(CNC(=NC)NCC(C)(C)OC)c1. The van der Waals surface area contributed by atoms with E-state index in [1.165, 1.54) is 0 Å². The maximum Gasteiger partial charge on any atom is 0.191 e. The van der Waals surface area contributed by atoms with Crippen molar-refractivity contribution in [2.75, 3.05) is 27.3 Å². The fourth-order valence-electron chi connectivity index (χ4n) is 1.85. The summed E-state index contributed by atoms with van der Waals surface area (Å²) in [6.07, 6.45) is 2.22. The van der Waals surface area contributed by atoms with Gasteiger partial charge in [-0.1, -0.05) is 25.5 Å². The van der Waals surface area contributed by atoms with E-state index < -0.39 is 0 Å². The molecule has 0 radical (unpaired) electrons. The molecule has 0 aliphatic heterocycles. The van der Waals surface area contributed by atoms with E-state index >= 15 is 0 Å². The lowest BCUT2D eigenvalue weighted by Crippen LogP contribution is -2.45. The normalized spacial score (nSPS) is 12.1. The van der Waals surface area contributed by atoms with E-state index in [4.69, 9.17) is 9.47 Å². The van der Waals surface area contributed by atoms with Crippen molar-refractivity contribution in [2.45, 2.75) is 45.8 Å². The zero-order chi connectivity index (χ0) is 17.1. The molecule has 23 heavy (non-hydrogen) atoms. The molecule has 0 unspecified atom stereocenters. The van der Waals surface area contributed by atoms with Crippen LogP contribution in [0.15, 0.2) is 29.3 Å². The predicted octanol–water partition coefficient (Wildman–Crippen LogP) is 2.96. The first-order valence-electron chi connectivity index (χ1n) is 8.22. The molecular weight excluding hydrogens is 290 g/mol. The van der Waals surface area contributed by atoms with Crippen LogP contribution in [0.2, 0.25) is 0 Å². The third-order valence-corrected chi connectivity index (χ3v) is 3.58. The molecule has 1 aromatic rings. The minimum atomic E-state index is -0.231. The van der Waals surface area contributed by atoms with E-state index in [1.54, 1.807) is 14.2 Å². The number of hydrogen-bond acceptors (Lipinski definition) is 3. The summed E-state index contributed by atoms with van der Waals surface area (Å²) in [5, 5.41) is 6.57. The van der Waals surface area contributed by atoms with Crippen molar-refractivity contribution in [2.24, 2.45) is 4.99 Å². The molecule has 130 valence electrons. The largest absolute Gasteiger partial charge is 0.494 e. The van der Waals surface area contributed by atoms with Gasteiger partial charge in [0, 0.05) is 27.2 Å². The number of benzene rings is 1. The van der Waals surface area contributed by atoms with Gasteiger partial charge in [-0.15, -0.1) is 0 Å². The number of hydrogen-bond donors (Lipinski definition) is 2. The summed E-state index contributed by atoms with van der Waals surface area (Å²) >= 11 is 0. The quantitative estimate of drug-likeness (QED) is 0.417. The van der Waals surface area contributed by atoms with Gasteiger partial charge >= 0.3 is 0 Å². The summed E-state index contributed by atoms with van der Waals surface area (Å²) in [6.45, 7) is 8.37. The summed E-state index contributed by atoms with van der Waals surface area (Å²) in [5.74, 6) is 1.67. The van der Waals surface area contributed by atoms with E-state index in [-0.39, 0.29) is 5.60 Å². The van der Waals surface area contributed by atoms with Crippen LogP contribution in [-0.4, -0.2) is 38.9 Å². The number of ether oxygens (including phenoxy) is 2. The first kappa shape index (κ1) is 19.3. The highest BCUT2D eigenvalue weighted by Crippen LogP contribution is 2.13. The minimum absolute atomic E-state index is 0.231. The number of guanidine groups is 1.